The number of aldehydes is 1. The number of benzene rings is 1. The van der Waals surface area contributed by atoms with Gasteiger partial charge in [0, 0.05) is 44.7 Å². The lowest BCUT2D eigenvalue weighted by Gasteiger charge is -2.32. The van der Waals surface area contributed by atoms with Crippen LogP contribution in [0.3, 0.4) is 0 Å². The van der Waals surface area contributed by atoms with E-state index in [1.54, 1.807) is 0 Å². The van der Waals surface area contributed by atoms with Gasteiger partial charge in [-0.1, -0.05) is 18.6 Å². The van der Waals surface area contributed by atoms with E-state index in [4.69, 9.17) is 14.2 Å². The predicted molar refractivity (Wildman–Crippen MR) is 149 cm³/mol. The van der Waals surface area contributed by atoms with Crippen molar-refractivity contribution in [2.24, 2.45) is 0 Å². The lowest BCUT2D eigenvalue weighted by atomic mass is 10.0. The molecule has 2 heterocycles. The Morgan fingerprint density at radius 3 is 2.57 bits per heavy atom. The maximum Gasteiger partial charge on any atom is 0.332 e. The molecular weight excluding hydrogens is 548 g/mol. The monoisotopic (exact) mass is 588 g/mol. The van der Waals surface area contributed by atoms with E-state index in [-0.39, 0.29) is 30.6 Å². The van der Waals surface area contributed by atoms with Crippen molar-refractivity contribution in [1.29, 1.82) is 0 Å². The van der Waals surface area contributed by atoms with Crippen molar-refractivity contribution in [2.45, 2.75) is 82.7 Å². The van der Waals surface area contributed by atoms with Crippen LogP contribution in [0.2, 0.25) is 0 Å². The third kappa shape index (κ3) is 10.7. The van der Waals surface area contributed by atoms with Crippen LogP contribution in [0.4, 0.5) is 0 Å². The van der Waals surface area contributed by atoms with Gasteiger partial charge in [-0.25, -0.2) is 4.79 Å². The summed E-state index contributed by atoms with van der Waals surface area (Å²) < 4.78 is 17.0. The van der Waals surface area contributed by atoms with Crippen molar-refractivity contribution in [2.75, 3.05) is 26.3 Å². The molecule has 3 N–H and O–H groups in total. The molecule has 0 saturated carbocycles. The number of carbonyl (C=O) groups excluding carboxylic acids is 4. The van der Waals surface area contributed by atoms with E-state index in [0.29, 0.717) is 77.0 Å². The highest BCUT2D eigenvalue weighted by molar-refractivity contribution is 6.12. The first-order chi connectivity index (χ1) is 20.3. The molecule has 0 aliphatic carbocycles. The van der Waals surface area contributed by atoms with Crippen LogP contribution < -0.4 is 10.1 Å². The van der Waals surface area contributed by atoms with Gasteiger partial charge in [0.15, 0.2) is 6.10 Å². The number of carbonyl (C=O) groups is 5. The van der Waals surface area contributed by atoms with Gasteiger partial charge in [0.1, 0.15) is 18.1 Å². The van der Waals surface area contributed by atoms with Crippen LogP contribution in [0, 0.1) is 0 Å². The fourth-order valence-electron chi connectivity index (χ4n) is 4.69. The van der Waals surface area contributed by atoms with Gasteiger partial charge in [0.05, 0.1) is 6.61 Å². The highest BCUT2D eigenvalue weighted by Gasteiger charge is 2.35. The quantitative estimate of drug-likeness (QED) is 0.123. The summed E-state index contributed by atoms with van der Waals surface area (Å²) in [6.07, 6.45) is 5.21. The summed E-state index contributed by atoms with van der Waals surface area (Å²) in [5, 5.41) is 22.4. The largest absolute Gasteiger partial charge is 0.479 e. The van der Waals surface area contributed by atoms with Gasteiger partial charge >= 0.3 is 5.97 Å². The molecule has 1 aromatic carbocycles. The summed E-state index contributed by atoms with van der Waals surface area (Å²) in [4.78, 5) is 58.4. The molecule has 0 bridgehead atoms. The number of hydrogen-bond acceptors (Lipinski definition) is 9. The van der Waals surface area contributed by atoms with E-state index in [1.807, 2.05) is 18.2 Å². The molecule has 0 spiro atoms. The zero-order valence-electron chi connectivity index (χ0n) is 23.7. The van der Waals surface area contributed by atoms with E-state index in [2.05, 4.69) is 5.32 Å². The number of aliphatic carboxylic acids is 1. The molecule has 2 aliphatic rings. The Hall–Kier alpha value is -3.61. The van der Waals surface area contributed by atoms with Gasteiger partial charge in [-0.2, -0.15) is 0 Å². The van der Waals surface area contributed by atoms with Gasteiger partial charge in [-0.15, -0.1) is 0 Å². The van der Waals surface area contributed by atoms with Gasteiger partial charge in [-0.3, -0.25) is 19.3 Å². The van der Waals surface area contributed by atoms with E-state index in [9.17, 15) is 34.2 Å². The fourth-order valence-corrected chi connectivity index (χ4v) is 4.69. The van der Waals surface area contributed by atoms with E-state index >= 15 is 0 Å². The third-order valence-corrected chi connectivity index (χ3v) is 7.03. The molecule has 3 atom stereocenters. The average molecular weight is 589 g/mol. The molecule has 1 aromatic rings. The van der Waals surface area contributed by atoms with Gasteiger partial charge in [-0.05, 0) is 62.1 Å². The van der Waals surface area contributed by atoms with Gasteiger partial charge in [0.25, 0.3) is 11.8 Å². The van der Waals surface area contributed by atoms with Crippen LogP contribution in [0.1, 0.15) is 62.5 Å². The molecule has 3 rings (SSSR count). The number of carboxylic acid groups (broad SMARTS) is 1. The molecule has 3 amide bonds. The summed E-state index contributed by atoms with van der Waals surface area (Å²) in [5.41, 5.74) is 1.71. The molecule has 0 radical (unpaired) electrons. The van der Waals surface area contributed by atoms with Crippen molar-refractivity contribution in [3.05, 3.63) is 41.5 Å². The normalized spacial score (nSPS) is 20.1. The maximum absolute atomic E-state index is 12.0. The number of imide groups is 1. The number of aryl methyl sites for hydroxylation is 2. The van der Waals surface area contributed by atoms with Crippen molar-refractivity contribution < 1.29 is 48.4 Å². The Kier molecular flexibility index (Phi) is 13.6. The van der Waals surface area contributed by atoms with Crippen molar-refractivity contribution in [3.63, 3.8) is 0 Å². The smallest absolute Gasteiger partial charge is 0.332 e. The summed E-state index contributed by atoms with van der Waals surface area (Å²) in [7, 11) is 0. The number of hydrogen-bond donors (Lipinski definition) is 3. The minimum Gasteiger partial charge on any atom is -0.479 e. The Morgan fingerprint density at radius 1 is 1.05 bits per heavy atom. The van der Waals surface area contributed by atoms with E-state index < -0.39 is 24.5 Å². The van der Waals surface area contributed by atoms with Gasteiger partial charge < -0.3 is 34.5 Å². The van der Waals surface area contributed by atoms with E-state index in [1.165, 1.54) is 17.1 Å². The first-order valence-electron chi connectivity index (χ1n) is 14.4. The topological polar surface area (TPSA) is 169 Å². The molecule has 42 heavy (non-hydrogen) atoms. The molecule has 12 nitrogen and oxygen atoms in total. The molecule has 12 heteroatoms. The number of nitrogens with one attached hydrogen (secondary N) is 1. The van der Waals surface area contributed by atoms with Crippen LogP contribution in [0.5, 0.6) is 5.75 Å². The SMILES string of the molecule is O=CCCc1ccc(CCCOCCNC(=O)CCCCCN2C(=O)C=CC2=O)cc1O[C@@H]1OC(C(=O)O)CC[C@H]1O. The van der Waals surface area contributed by atoms with Gasteiger partial charge in [0.2, 0.25) is 12.2 Å². The minimum absolute atomic E-state index is 0.0717. The highest BCUT2D eigenvalue weighted by Crippen LogP contribution is 2.28. The second-order valence-corrected chi connectivity index (χ2v) is 10.3. The summed E-state index contributed by atoms with van der Waals surface area (Å²) in [6, 6.07) is 5.61. The van der Waals surface area contributed by atoms with Crippen LogP contribution in [-0.4, -0.2) is 89.9 Å². The molecule has 2 aliphatic heterocycles. The van der Waals surface area contributed by atoms with Crippen LogP contribution in [-0.2, 0) is 46.3 Å². The lowest BCUT2D eigenvalue weighted by Crippen LogP contribution is -2.45. The predicted octanol–water partition coefficient (Wildman–Crippen LogP) is 1.70. The number of amides is 3. The summed E-state index contributed by atoms with van der Waals surface area (Å²) >= 11 is 0. The molecule has 230 valence electrons. The standard InChI is InChI=1S/C30H40N2O10/c33-17-4-7-22-10-9-21(20-25(22)42-30-23(34)11-12-24(41-30)29(38)39)6-5-18-40-19-15-31-26(35)8-2-1-3-16-32-27(36)13-14-28(32)37/h9-10,13-14,17,20,23-24,30,34H,1-8,11-12,15-16,18-19H2,(H,31,35)(H,38,39)/t23-,24?,30+/m1/s1. The first kappa shape index (κ1) is 32.9. The number of nitrogens with zero attached hydrogens (tertiary/aromatic N) is 1. The maximum atomic E-state index is 12.0. The summed E-state index contributed by atoms with van der Waals surface area (Å²) in [5.74, 6) is -1.31. The van der Waals surface area contributed by atoms with Crippen molar-refractivity contribution in [3.8, 4) is 5.75 Å². The van der Waals surface area contributed by atoms with Crippen molar-refractivity contribution >= 4 is 30.0 Å². The first-order valence-corrected chi connectivity index (χ1v) is 14.4. The third-order valence-electron chi connectivity index (χ3n) is 7.03. The summed E-state index contributed by atoms with van der Waals surface area (Å²) in [6.45, 7) is 1.61. The number of carboxylic acids is 1. The second-order valence-electron chi connectivity index (χ2n) is 10.3. The van der Waals surface area contributed by atoms with Crippen LogP contribution >= 0.6 is 0 Å². The average Bonchev–Trinajstić information content (AvgIpc) is 3.29. The number of ether oxygens (including phenoxy) is 3. The lowest BCUT2D eigenvalue weighted by molar-refractivity contribution is -0.211. The number of unbranched alkanes of at least 4 members (excludes halogenated alkanes) is 2. The number of aliphatic hydroxyl groups is 1. The zero-order valence-corrected chi connectivity index (χ0v) is 23.7. The molecule has 1 saturated heterocycles. The molecule has 1 unspecified atom stereocenters. The number of rotatable bonds is 19. The Labute approximate surface area is 245 Å². The highest BCUT2D eigenvalue weighted by atomic mass is 16.7. The van der Waals surface area contributed by atoms with E-state index in [0.717, 1.165) is 23.8 Å². The molecule has 1 fully saturated rings. The van der Waals surface area contributed by atoms with Crippen LogP contribution in [0.25, 0.3) is 0 Å². The fraction of sp³-hybridized carbons (Fsp3) is 0.567. The van der Waals surface area contributed by atoms with Crippen LogP contribution in [0.15, 0.2) is 30.4 Å². The molecule has 0 aromatic heterocycles. The van der Waals surface area contributed by atoms with Crippen molar-refractivity contribution in [1.82, 2.24) is 10.2 Å². The Bertz CT molecular complexity index is 1100. The molecular formula is C30H40N2O10. The second kappa shape index (κ2) is 17.4. The Balaban J connectivity index is 1.31. The Morgan fingerprint density at radius 2 is 1.83 bits per heavy atom. The number of aliphatic hydroxyl groups excluding tert-OH is 1. The zero-order chi connectivity index (χ0) is 30.3. The minimum atomic E-state index is -1.12.